The van der Waals surface area contributed by atoms with Crippen LogP contribution in [0.15, 0.2) is 191 Å². The summed E-state index contributed by atoms with van der Waals surface area (Å²) in [7, 11) is 0. The van der Waals surface area contributed by atoms with Gasteiger partial charge in [-0.2, -0.15) is 5.26 Å². The van der Waals surface area contributed by atoms with Crippen molar-refractivity contribution in [3.63, 3.8) is 0 Å². The molecule has 2 unspecified atom stereocenters. The third-order valence-corrected chi connectivity index (χ3v) is 12.1. The summed E-state index contributed by atoms with van der Waals surface area (Å²) in [6, 6.07) is 66.6. The lowest BCUT2D eigenvalue weighted by Gasteiger charge is -2.31. The number of nitriles is 1. The molecule has 10 aromatic rings. The minimum atomic E-state index is -0.0720. The number of hydrogen-bond acceptors (Lipinski definition) is 3. The first-order valence-corrected chi connectivity index (χ1v) is 20.0. The van der Waals surface area contributed by atoms with Crippen LogP contribution < -0.4 is 0 Å². The van der Waals surface area contributed by atoms with E-state index in [0.717, 1.165) is 89.9 Å². The maximum atomic E-state index is 10.9. The molecule has 0 saturated carbocycles. The highest BCUT2D eigenvalue weighted by Gasteiger charge is 2.38. The monoisotopic (exact) mass is 743 g/mol. The first kappa shape index (κ1) is 33.8. The van der Waals surface area contributed by atoms with Crippen LogP contribution in [0.5, 0.6) is 0 Å². The number of fused-ring (bicyclic) bond motifs is 7. The van der Waals surface area contributed by atoms with Crippen LogP contribution in [0.2, 0.25) is 0 Å². The molecule has 11 rings (SSSR count). The van der Waals surface area contributed by atoms with Gasteiger partial charge in [-0.3, -0.25) is 0 Å². The fourth-order valence-corrected chi connectivity index (χ4v) is 9.38. The number of para-hydroxylation sites is 1. The van der Waals surface area contributed by atoms with Gasteiger partial charge in [0.1, 0.15) is 23.1 Å². The molecule has 0 aliphatic carbocycles. The summed E-state index contributed by atoms with van der Waals surface area (Å²) in [6.07, 6.45) is 0.836. The summed E-state index contributed by atoms with van der Waals surface area (Å²) in [5, 5.41) is 16.6. The number of furan rings is 1. The molecule has 8 aromatic carbocycles. The summed E-state index contributed by atoms with van der Waals surface area (Å²) >= 11 is 0. The van der Waals surface area contributed by atoms with E-state index in [1.54, 1.807) is 0 Å². The second-order valence-electron chi connectivity index (χ2n) is 15.3. The summed E-state index contributed by atoms with van der Waals surface area (Å²) in [5.41, 5.74) is 12.9. The Balaban J connectivity index is 1.14. The van der Waals surface area contributed by atoms with Crippen molar-refractivity contribution in [1.29, 1.82) is 5.26 Å². The van der Waals surface area contributed by atoms with E-state index in [9.17, 15) is 5.26 Å². The molecule has 0 fully saturated rings. The fourth-order valence-electron chi connectivity index (χ4n) is 9.38. The van der Waals surface area contributed by atoms with Crippen molar-refractivity contribution in [3.8, 4) is 34.0 Å². The smallest absolute Gasteiger partial charge is 0.139 e. The largest absolute Gasteiger partial charge is 0.458 e. The van der Waals surface area contributed by atoms with Gasteiger partial charge in [-0.25, -0.2) is 4.99 Å². The molecule has 274 valence electrons. The van der Waals surface area contributed by atoms with Crippen molar-refractivity contribution in [3.05, 3.63) is 204 Å². The lowest BCUT2D eigenvalue weighted by molar-refractivity contribution is 0.459. The molecule has 1 aliphatic rings. The van der Waals surface area contributed by atoms with Gasteiger partial charge in [-0.15, -0.1) is 0 Å². The standard InChI is InChI=1S/C54H37N3O/c1-2-41-51(36-20-10-5-11-21-36)54-53(46-31-43(34-16-6-3-7-17-34)44(32-50(46)58-54)35-18-8-4-9-19-35)56-52(41)39-26-27-47(40(28-39)33-55)57-48-25-15-14-24-42(48)45-29-37-22-12-13-23-38(37)30-49(45)57/h3-32,41,51H,2H2,1H3. The van der Waals surface area contributed by atoms with Crippen LogP contribution in [0.4, 0.5) is 5.69 Å². The van der Waals surface area contributed by atoms with Crippen LogP contribution in [-0.4, -0.2) is 10.3 Å². The van der Waals surface area contributed by atoms with E-state index in [1.807, 2.05) is 0 Å². The van der Waals surface area contributed by atoms with Crippen molar-refractivity contribution in [2.45, 2.75) is 19.3 Å². The second-order valence-corrected chi connectivity index (χ2v) is 15.3. The van der Waals surface area contributed by atoms with Crippen LogP contribution in [0.1, 0.15) is 41.7 Å². The Morgan fingerprint density at radius 3 is 1.93 bits per heavy atom. The summed E-state index contributed by atoms with van der Waals surface area (Å²) in [5.74, 6) is 0.822. The molecule has 0 spiro atoms. The lowest BCUT2D eigenvalue weighted by atomic mass is 9.75. The number of rotatable bonds is 6. The molecule has 0 amide bonds. The van der Waals surface area contributed by atoms with Crippen LogP contribution in [-0.2, 0) is 0 Å². The Morgan fingerprint density at radius 1 is 0.586 bits per heavy atom. The first-order valence-electron chi connectivity index (χ1n) is 20.0. The normalized spacial score (nSPS) is 15.1. The number of nitrogens with zero attached hydrogens (tertiary/aromatic N) is 3. The molecule has 0 bridgehead atoms. The Hall–Kier alpha value is -7.48. The minimum Gasteiger partial charge on any atom is -0.458 e. The highest BCUT2D eigenvalue weighted by Crippen LogP contribution is 2.51. The Kier molecular flexibility index (Phi) is 7.94. The number of benzene rings is 8. The van der Waals surface area contributed by atoms with Gasteiger partial charge >= 0.3 is 0 Å². The van der Waals surface area contributed by atoms with E-state index in [4.69, 9.17) is 9.41 Å². The molecule has 0 N–H and O–H groups in total. The van der Waals surface area contributed by atoms with Gasteiger partial charge in [0.15, 0.2) is 0 Å². The summed E-state index contributed by atoms with van der Waals surface area (Å²) < 4.78 is 9.24. The van der Waals surface area contributed by atoms with Crippen molar-refractivity contribution >= 4 is 54.9 Å². The predicted octanol–water partition coefficient (Wildman–Crippen LogP) is 14.2. The quantitative estimate of drug-likeness (QED) is 0.170. The highest BCUT2D eigenvalue weighted by molar-refractivity contribution is 6.14. The molecule has 2 atom stereocenters. The van der Waals surface area contributed by atoms with Gasteiger partial charge in [0.25, 0.3) is 0 Å². The molecular weight excluding hydrogens is 707 g/mol. The lowest BCUT2D eigenvalue weighted by Crippen LogP contribution is -2.26. The van der Waals surface area contributed by atoms with Crippen molar-refractivity contribution < 1.29 is 4.42 Å². The highest BCUT2D eigenvalue weighted by atomic mass is 16.3. The zero-order valence-electron chi connectivity index (χ0n) is 31.9. The summed E-state index contributed by atoms with van der Waals surface area (Å²) in [4.78, 5) is 5.58. The van der Waals surface area contributed by atoms with Gasteiger partial charge in [-0.1, -0.05) is 146 Å². The van der Waals surface area contributed by atoms with Gasteiger partial charge in [0, 0.05) is 22.1 Å². The number of aromatic nitrogens is 1. The topological polar surface area (TPSA) is 54.2 Å². The van der Waals surface area contributed by atoms with Crippen LogP contribution in [0.25, 0.3) is 71.5 Å². The van der Waals surface area contributed by atoms with Gasteiger partial charge in [0.2, 0.25) is 0 Å². The summed E-state index contributed by atoms with van der Waals surface area (Å²) in [6.45, 7) is 2.23. The molecule has 2 aromatic heterocycles. The molecule has 1 aliphatic heterocycles. The molecule has 3 heterocycles. The SMILES string of the molecule is CCC1C(c2ccc(-n3c4ccccc4c4cc5ccccc5cc43)c(C#N)c2)=Nc2c(oc3cc(-c4ccccc4)c(-c4ccccc4)cc23)C1c1ccccc1. The van der Waals surface area contributed by atoms with Crippen molar-refractivity contribution in [1.82, 2.24) is 4.57 Å². The maximum absolute atomic E-state index is 10.9. The van der Waals surface area contributed by atoms with Gasteiger partial charge in [0.05, 0.1) is 33.9 Å². The average molecular weight is 744 g/mol. The van der Waals surface area contributed by atoms with E-state index < -0.39 is 0 Å². The molecule has 0 saturated heterocycles. The second kappa shape index (κ2) is 13.6. The third-order valence-electron chi connectivity index (χ3n) is 12.1. The van der Waals surface area contributed by atoms with Crippen molar-refractivity contribution in [2.24, 2.45) is 10.9 Å². The maximum Gasteiger partial charge on any atom is 0.139 e. The van der Waals surface area contributed by atoms with E-state index >= 15 is 0 Å². The van der Waals surface area contributed by atoms with E-state index in [2.05, 4.69) is 200 Å². The zero-order valence-corrected chi connectivity index (χ0v) is 31.9. The fraction of sp³-hybridized carbons (Fsp3) is 0.0741. The average Bonchev–Trinajstić information content (AvgIpc) is 3.81. The predicted molar refractivity (Wildman–Crippen MR) is 238 cm³/mol. The number of hydrogen-bond donors (Lipinski definition) is 0. The Morgan fingerprint density at radius 2 is 1.22 bits per heavy atom. The van der Waals surface area contributed by atoms with Crippen LogP contribution >= 0.6 is 0 Å². The molecule has 4 nitrogen and oxygen atoms in total. The van der Waals surface area contributed by atoms with Crippen LogP contribution in [0.3, 0.4) is 0 Å². The third kappa shape index (κ3) is 5.32. The minimum absolute atomic E-state index is 0.00893. The molecule has 4 heteroatoms. The molecular formula is C54H37N3O. The van der Waals surface area contributed by atoms with Crippen LogP contribution in [0, 0.1) is 17.2 Å². The van der Waals surface area contributed by atoms with E-state index in [-0.39, 0.29) is 11.8 Å². The number of aliphatic imine (C=N–C) groups is 1. The Labute approximate surface area is 336 Å². The van der Waals surface area contributed by atoms with Crippen molar-refractivity contribution in [2.75, 3.05) is 0 Å². The van der Waals surface area contributed by atoms with E-state index in [1.165, 1.54) is 16.3 Å². The molecule has 58 heavy (non-hydrogen) atoms. The van der Waals surface area contributed by atoms with Gasteiger partial charge < -0.3 is 8.98 Å². The van der Waals surface area contributed by atoms with E-state index in [0.29, 0.717) is 5.56 Å². The molecule has 0 radical (unpaired) electrons. The first-order chi connectivity index (χ1) is 28.7. The van der Waals surface area contributed by atoms with Gasteiger partial charge in [-0.05, 0) is 93.0 Å². The Bertz CT molecular complexity index is 3280. The zero-order chi connectivity index (χ0) is 38.7.